The van der Waals surface area contributed by atoms with Crippen molar-refractivity contribution in [1.82, 2.24) is 5.32 Å². The van der Waals surface area contributed by atoms with E-state index < -0.39 is 5.60 Å². The molecule has 0 atom stereocenters. The van der Waals surface area contributed by atoms with Crippen molar-refractivity contribution in [2.24, 2.45) is 5.73 Å². The fourth-order valence-electron chi connectivity index (χ4n) is 1.17. The minimum absolute atomic E-state index is 0.0387. The monoisotopic (exact) mass is 236 g/mol. The molecule has 0 spiro atoms. The van der Waals surface area contributed by atoms with E-state index in [2.05, 4.69) is 5.32 Å². The molecule has 0 bridgehead atoms. The lowest BCUT2D eigenvalue weighted by molar-refractivity contribution is -0.131. The lowest BCUT2D eigenvalue weighted by atomic mass is 10.1. The number of hydrogen-bond acceptors (Lipinski definition) is 3. The van der Waals surface area contributed by atoms with Gasteiger partial charge in [-0.2, -0.15) is 0 Å². The molecular formula is C13H20N2O2. The van der Waals surface area contributed by atoms with Crippen LogP contribution in [-0.2, 0) is 16.1 Å². The quantitative estimate of drug-likeness (QED) is 0.776. The maximum absolute atomic E-state index is 11.5. The van der Waals surface area contributed by atoms with Crippen LogP contribution in [0.3, 0.4) is 0 Å². The van der Waals surface area contributed by atoms with E-state index in [9.17, 15) is 4.79 Å². The lowest BCUT2D eigenvalue weighted by Crippen LogP contribution is -2.38. The smallest absolute Gasteiger partial charge is 0.246 e. The summed E-state index contributed by atoms with van der Waals surface area (Å²) in [5.74, 6) is -0.129. The Hall–Kier alpha value is -1.39. The molecule has 0 saturated heterocycles. The lowest BCUT2D eigenvalue weighted by Gasteiger charge is -2.22. The third kappa shape index (κ3) is 5.47. The number of rotatable bonds is 6. The van der Waals surface area contributed by atoms with E-state index in [1.165, 1.54) is 0 Å². The van der Waals surface area contributed by atoms with Crippen molar-refractivity contribution in [2.45, 2.75) is 26.0 Å². The van der Waals surface area contributed by atoms with E-state index in [1.807, 2.05) is 44.2 Å². The van der Waals surface area contributed by atoms with Crippen LogP contribution < -0.4 is 11.1 Å². The molecule has 1 amide bonds. The molecule has 0 aliphatic carbocycles. The summed E-state index contributed by atoms with van der Waals surface area (Å²) in [7, 11) is 0. The van der Waals surface area contributed by atoms with Gasteiger partial charge in [0.15, 0.2) is 0 Å². The third-order valence-corrected chi connectivity index (χ3v) is 2.42. The number of nitrogens with one attached hydrogen (secondary N) is 1. The minimum Gasteiger partial charge on any atom is -0.364 e. The molecule has 3 N–H and O–H groups in total. The Morgan fingerprint density at radius 3 is 2.59 bits per heavy atom. The van der Waals surface area contributed by atoms with Gasteiger partial charge in [0.2, 0.25) is 5.91 Å². The molecule has 94 valence electrons. The molecule has 17 heavy (non-hydrogen) atoms. The summed E-state index contributed by atoms with van der Waals surface area (Å²) in [6.45, 7) is 4.66. The first-order chi connectivity index (χ1) is 8.03. The van der Waals surface area contributed by atoms with Crippen molar-refractivity contribution in [2.75, 3.05) is 13.2 Å². The fraction of sp³-hybridized carbons (Fsp3) is 0.462. The number of ether oxygens (including phenoxy) is 1. The molecule has 4 nitrogen and oxygen atoms in total. The summed E-state index contributed by atoms with van der Waals surface area (Å²) in [4.78, 5) is 11.5. The molecule has 0 aliphatic rings. The van der Waals surface area contributed by atoms with Gasteiger partial charge >= 0.3 is 0 Å². The zero-order chi connectivity index (χ0) is 12.7. The first kappa shape index (κ1) is 13.7. The minimum atomic E-state index is -0.454. The van der Waals surface area contributed by atoms with Crippen LogP contribution >= 0.6 is 0 Å². The second-order valence-corrected chi connectivity index (χ2v) is 4.51. The van der Waals surface area contributed by atoms with Gasteiger partial charge in [-0.15, -0.1) is 0 Å². The number of amides is 1. The highest BCUT2D eigenvalue weighted by atomic mass is 16.5. The molecule has 0 saturated carbocycles. The largest absolute Gasteiger partial charge is 0.364 e. The maximum Gasteiger partial charge on any atom is 0.246 e. The number of hydrogen-bond donors (Lipinski definition) is 2. The Morgan fingerprint density at radius 1 is 1.35 bits per heavy atom. The zero-order valence-electron chi connectivity index (χ0n) is 10.4. The molecule has 0 heterocycles. The number of nitrogens with two attached hydrogens (primary N) is 1. The van der Waals surface area contributed by atoms with Crippen molar-refractivity contribution < 1.29 is 9.53 Å². The SMILES string of the molecule is CC(C)(CN)OCC(=O)NCc1ccccc1. The van der Waals surface area contributed by atoms with E-state index in [4.69, 9.17) is 10.5 Å². The first-order valence-corrected chi connectivity index (χ1v) is 5.68. The molecular weight excluding hydrogens is 216 g/mol. The highest BCUT2D eigenvalue weighted by molar-refractivity contribution is 5.77. The molecule has 1 aromatic carbocycles. The van der Waals surface area contributed by atoms with Crippen LogP contribution in [0.1, 0.15) is 19.4 Å². The summed E-state index contributed by atoms with van der Waals surface area (Å²) in [5, 5.41) is 2.79. The Balaban J connectivity index is 2.27. The molecule has 0 fully saturated rings. The Morgan fingerprint density at radius 2 is 2.00 bits per heavy atom. The molecule has 0 unspecified atom stereocenters. The number of carbonyl (C=O) groups is 1. The summed E-state index contributed by atoms with van der Waals surface area (Å²) in [5.41, 5.74) is 6.12. The standard InChI is InChI=1S/C13H20N2O2/c1-13(2,10-14)17-9-12(16)15-8-11-6-4-3-5-7-11/h3-7H,8-10,14H2,1-2H3,(H,15,16). The number of carbonyl (C=O) groups excluding carboxylic acids is 1. The second-order valence-electron chi connectivity index (χ2n) is 4.51. The van der Waals surface area contributed by atoms with Crippen molar-refractivity contribution >= 4 is 5.91 Å². The van der Waals surface area contributed by atoms with Gasteiger partial charge in [0.25, 0.3) is 0 Å². The van der Waals surface area contributed by atoms with E-state index in [-0.39, 0.29) is 12.5 Å². The van der Waals surface area contributed by atoms with Crippen LogP contribution in [0.4, 0.5) is 0 Å². The predicted molar refractivity (Wildman–Crippen MR) is 67.4 cm³/mol. The normalized spacial score (nSPS) is 11.2. The average Bonchev–Trinajstić information content (AvgIpc) is 2.35. The van der Waals surface area contributed by atoms with Crippen LogP contribution in [-0.4, -0.2) is 24.7 Å². The van der Waals surface area contributed by atoms with Gasteiger partial charge < -0.3 is 15.8 Å². The van der Waals surface area contributed by atoms with Crippen LogP contribution in [0.15, 0.2) is 30.3 Å². The Bertz CT molecular complexity index is 350. The average molecular weight is 236 g/mol. The van der Waals surface area contributed by atoms with Gasteiger partial charge in [-0.1, -0.05) is 30.3 Å². The topological polar surface area (TPSA) is 64.3 Å². The van der Waals surface area contributed by atoms with Gasteiger partial charge in [-0.3, -0.25) is 4.79 Å². The van der Waals surface area contributed by atoms with Crippen LogP contribution in [0, 0.1) is 0 Å². The van der Waals surface area contributed by atoms with Gasteiger partial charge in [0, 0.05) is 13.1 Å². The third-order valence-electron chi connectivity index (χ3n) is 2.42. The maximum atomic E-state index is 11.5. The van der Waals surface area contributed by atoms with Gasteiger partial charge in [0.05, 0.1) is 5.60 Å². The van der Waals surface area contributed by atoms with E-state index in [1.54, 1.807) is 0 Å². The molecule has 0 aliphatic heterocycles. The highest BCUT2D eigenvalue weighted by Gasteiger charge is 2.17. The van der Waals surface area contributed by atoms with Crippen molar-refractivity contribution in [3.05, 3.63) is 35.9 Å². The Labute approximate surface area is 102 Å². The Kier molecular flexibility index (Phi) is 5.12. The van der Waals surface area contributed by atoms with E-state index in [0.29, 0.717) is 13.1 Å². The summed E-state index contributed by atoms with van der Waals surface area (Å²) < 4.78 is 5.39. The first-order valence-electron chi connectivity index (χ1n) is 5.68. The zero-order valence-corrected chi connectivity index (χ0v) is 10.4. The second kappa shape index (κ2) is 6.37. The van der Waals surface area contributed by atoms with E-state index in [0.717, 1.165) is 5.56 Å². The van der Waals surface area contributed by atoms with Crippen LogP contribution in [0.5, 0.6) is 0 Å². The van der Waals surface area contributed by atoms with Crippen LogP contribution in [0.25, 0.3) is 0 Å². The molecule has 1 rings (SSSR count). The van der Waals surface area contributed by atoms with Crippen molar-refractivity contribution in [3.63, 3.8) is 0 Å². The van der Waals surface area contributed by atoms with Crippen molar-refractivity contribution in [3.8, 4) is 0 Å². The van der Waals surface area contributed by atoms with Gasteiger partial charge in [0.1, 0.15) is 6.61 Å². The molecule has 4 heteroatoms. The molecule has 0 aromatic heterocycles. The molecule has 1 aromatic rings. The number of benzene rings is 1. The fourth-order valence-corrected chi connectivity index (χ4v) is 1.17. The van der Waals surface area contributed by atoms with Gasteiger partial charge in [-0.05, 0) is 19.4 Å². The highest BCUT2D eigenvalue weighted by Crippen LogP contribution is 2.05. The summed E-state index contributed by atoms with van der Waals surface area (Å²) in [6.07, 6.45) is 0. The predicted octanol–water partition coefficient (Wildman–Crippen LogP) is 1.06. The van der Waals surface area contributed by atoms with Crippen LogP contribution in [0.2, 0.25) is 0 Å². The van der Waals surface area contributed by atoms with E-state index >= 15 is 0 Å². The van der Waals surface area contributed by atoms with Gasteiger partial charge in [-0.25, -0.2) is 0 Å². The summed E-state index contributed by atoms with van der Waals surface area (Å²) in [6, 6.07) is 9.75. The molecule has 0 radical (unpaired) electrons. The van der Waals surface area contributed by atoms with Crippen molar-refractivity contribution in [1.29, 1.82) is 0 Å². The summed E-state index contributed by atoms with van der Waals surface area (Å²) >= 11 is 0.